The second-order valence-corrected chi connectivity index (χ2v) is 3.02. The molecule has 1 heterocycles. The molecule has 0 aliphatic carbocycles. The van der Waals surface area contributed by atoms with Crippen LogP contribution in [0.15, 0.2) is 28.9 Å². The minimum absolute atomic E-state index is 0.472. The molecule has 0 fully saturated rings. The van der Waals surface area contributed by atoms with E-state index in [0.717, 1.165) is 22.3 Å². The van der Waals surface area contributed by atoms with Crippen molar-refractivity contribution in [3.63, 3.8) is 0 Å². The molecule has 0 spiro atoms. The van der Waals surface area contributed by atoms with Crippen molar-refractivity contribution in [2.75, 3.05) is 7.11 Å². The number of rotatable bonds is 2. The number of halogens is 1. The topological polar surface area (TPSA) is 22.4 Å². The molecular formula is C10H9ClO2. The van der Waals surface area contributed by atoms with Gasteiger partial charge in [-0.2, -0.15) is 0 Å². The predicted octanol–water partition coefficient (Wildman–Crippen LogP) is 3.18. The molecule has 0 amide bonds. The van der Waals surface area contributed by atoms with E-state index < -0.39 is 0 Å². The van der Waals surface area contributed by atoms with E-state index >= 15 is 0 Å². The van der Waals surface area contributed by atoms with Gasteiger partial charge in [0.1, 0.15) is 11.3 Å². The van der Waals surface area contributed by atoms with Gasteiger partial charge in [0, 0.05) is 17.0 Å². The van der Waals surface area contributed by atoms with Gasteiger partial charge in [-0.25, -0.2) is 0 Å². The molecule has 0 radical (unpaired) electrons. The summed E-state index contributed by atoms with van der Waals surface area (Å²) in [6, 6.07) is 5.70. The van der Waals surface area contributed by atoms with Crippen LogP contribution in [0.3, 0.4) is 0 Å². The third kappa shape index (κ3) is 1.38. The van der Waals surface area contributed by atoms with Crippen LogP contribution in [0.2, 0.25) is 0 Å². The van der Waals surface area contributed by atoms with Crippen molar-refractivity contribution in [2.45, 2.75) is 5.88 Å². The summed E-state index contributed by atoms with van der Waals surface area (Å²) in [6.45, 7) is 0. The van der Waals surface area contributed by atoms with Crippen molar-refractivity contribution in [3.05, 3.63) is 30.0 Å². The van der Waals surface area contributed by atoms with Gasteiger partial charge in [0.05, 0.1) is 19.3 Å². The molecule has 2 rings (SSSR count). The van der Waals surface area contributed by atoms with Gasteiger partial charge in [0.15, 0.2) is 0 Å². The van der Waals surface area contributed by atoms with Crippen molar-refractivity contribution >= 4 is 22.6 Å². The van der Waals surface area contributed by atoms with E-state index in [4.69, 9.17) is 20.8 Å². The summed E-state index contributed by atoms with van der Waals surface area (Å²) < 4.78 is 10.4. The Balaban J connectivity index is 2.61. The highest BCUT2D eigenvalue weighted by Gasteiger charge is 2.04. The highest BCUT2D eigenvalue weighted by atomic mass is 35.5. The van der Waals surface area contributed by atoms with Gasteiger partial charge in [-0.1, -0.05) is 0 Å². The zero-order valence-corrected chi connectivity index (χ0v) is 7.97. The van der Waals surface area contributed by atoms with Crippen LogP contribution in [0.5, 0.6) is 5.75 Å². The lowest BCUT2D eigenvalue weighted by molar-refractivity contribution is 0.414. The standard InChI is InChI=1S/C10H9ClO2/c1-12-8-2-3-9-7(5-11)6-13-10(9)4-8/h2-4,6H,5H2,1H3. The van der Waals surface area contributed by atoms with Crippen molar-refractivity contribution in [2.24, 2.45) is 0 Å². The number of methoxy groups -OCH3 is 1. The maximum atomic E-state index is 5.73. The first-order valence-electron chi connectivity index (χ1n) is 3.95. The van der Waals surface area contributed by atoms with Crippen LogP contribution >= 0.6 is 11.6 Å². The Kier molecular flexibility index (Phi) is 2.15. The molecule has 1 aromatic heterocycles. The molecule has 3 heteroatoms. The van der Waals surface area contributed by atoms with Gasteiger partial charge in [-0.3, -0.25) is 0 Å². The van der Waals surface area contributed by atoms with Crippen LogP contribution in [0.4, 0.5) is 0 Å². The van der Waals surface area contributed by atoms with Crippen molar-refractivity contribution < 1.29 is 9.15 Å². The molecule has 0 aliphatic rings. The summed E-state index contributed by atoms with van der Waals surface area (Å²) in [7, 11) is 1.63. The van der Waals surface area contributed by atoms with Gasteiger partial charge in [-0.15, -0.1) is 11.6 Å². The molecule has 0 aliphatic heterocycles. The number of alkyl halides is 1. The number of benzene rings is 1. The first-order chi connectivity index (χ1) is 6.35. The molecule has 0 unspecified atom stereocenters. The SMILES string of the molecule is COc1ccc2c(CCl)coc2c1. The predicted molar refractivity (Wildman–Crippen MR) is 52.3 cm³/mol. The first kappa shape index (κ1) is 8.45. The first-order valence-corrected chi connectivity index (χ1v) is 4.48. The van der Waals surface area contributed by atoms with Crippen molar-refractivity contribution in [3.8, 4) is 5.75 Å². The Morgan fingerprint density at radius 2 is 2.31 bits per heavy atom. The Labute approximate surface area is 81.1 Å². The Bertz CT molecular complexity index is 420. The number of ether oxygens (including phenoxy) is 1. The Morgan fingerprint density at radius 3 is 3.00 bits per heavy atom. The van der Waals surface area contributed by atoms with Crippen LogP contribution in [-0.4, -0.2) is 7.11 Å². The monoisotopic (exact) mass is 196 g/mol. The molecule has 1 aromatic carbocycles. The second-order valence-electron chi connectivity index (χ2n) is 2.76. The van der Waals surface area contributed by atoms with E-state index in [9.17, 15) is 0 Å². The van der Waals surface area contributed by atoms with E-state index in [1.165, 1.54) is 0 Å². The van der Waals surface area contributed by atoms with Gasteiger partial charge >= 0.3 is 0 Å². The van der Waals surface area contributed by atoms with Crippen molar-refractivity contribution in [1.29, 1.82) is 0 Å². The minimum atomic E-state index is 0.472. The van der Waals surface area contributed by atoms with Crippen LogP contribution in [0.1, 0.15) is 5.56 Å². The third-order valence-electron chi connectivity index (χ3n) is 2.01. The third-order valence-corrected chi connectivity index (χ3v) is 2.29. The fourth-order valence-corrected chi connectivity index (χ4v) is 1.50. The van der Waals surface area contributed by atoms with E-state index in [1.54, 1.807) is 13.4 Å². The second kappa shape index (κ2) is 3.30. The fourth-order valence-electron chi connectivity index (χ4n) is 1.29. The number of hydrogen-bond donors (Lipinski definition) is 0. The van der Waals surface area contributed by atoms with Crippen LogP contribution in [0, 0.1) is 0 Å². The lowest BCUT2D eigenvalue weighted by Crippen LogP contribution is -1.81. The molecule has 2 aromatic rings. The zero-order chi connectivity index (χ0) is 9.26. The van der Waals surface area contributed by atoms with Gasteiger partial charge in [-0.05, 0) is 12.1 Å². The zero-order valence-electron chi connectivity index (χ0n) is 7.21. The summed E-state index contributed by atoms with van der Waals surface area (Å²) in [5, 5.41) is 1.05. The Morgan fingerprint density at radius 1 is 1.46 bits per heavy atom. The summed E-state index contributed by atoms with van der Waals surface area (Å²) in [5.41, 5.74) is 1.83. The van der Waals surface area contributed by atoms with E-state index in [2.05, 4.69) is 0 Å². The number of hydrogen-bond acceptors (Lipinski definition) is 2. The van der Waals surface area contributed by atoms with Crippen LogP contribution < -0.4 is 4.74 Å². The normalized spacial score (nSPS) is 10.6. The van der Waals surface area contributed by atoms with Gasteiger partial charge in [0.2, 0.25) is 0 Å². The van der Waals surface area contributed by atoms with Crippen LogP contribution in [0.25, 0.3) is 11.0 Å². The van der Waals surface area contributed by atoms with E-state index in [-0.39, 0.29) is 0 Å². The Hall–Kier alpha value is -1.15. The average Bonchev–Trinajstić information content (AvgIpc) is 2.59. The molecule has 0 saturated heterocycles. The fraction of sp³-hybridized carbons (Fsp3) is 0.200. The number of fused-ring (bicyclic) bond motifs is 1. The average molecular weight is 197 g/mol. The number of furan rings is 1. The lowest BCUT2D eigenvalue weighted by Gasteiger charge is -1.97. The maximum absolute atomic E-state index is 5.73. The largest absolute Gasteiger partial charge is 0.497 e. The highest BCUT2D eigenvalue weighted by molar-refractivity contribution is 6.18. The summed E-state index contributed by atoms with van der Waals surface area (Å²) in [4.78, 5) is 0. The van der Waals surface area contributed by atoms with E-state index in [0.29, 0.717) is 5.88 Å². The summed E-state index contributed by atoms with van der Waals surface area (Å²) in [5.74, 6) is 1.27. The quantitative estimate of drug-likeness (QED) is 0.689. The van der Waals surface area contributed by atoms with Gasteiger partial charge in [0.25, 0.3) is 0 Å². The molecule has 2 nitrogen and oxygen atoms in total. The molecule has 13 heavy (non-hydrogen) atoms. The van der Waals surface area contributed by atoms with E-state index in [1.807, 2.05) is 18.2 Å². The molecule has 0 saturated carbocycles. The molecule has 0 N–H and O–H groups in total. The van der Waals surface area contributed by atoms with Crippen LogP contribution in [-0.2, 0) is 5.88 Å². The maximum Gasteiger partial charge on any atom is 0.137 e. The lowest BCUT2D eigenvalue weighted by atomic mass is 10.2. The minimum Gasteiger partial charge on any atom is -0.497 e. The summed E-state index contributed by atoms with van der Waals surface area (Å²) in [6.07, 6.45) is 1.68. The molecule has 0 atom stereocenters. The summed E-state index contributed by atoms with van der Waals surface area (Å²) >= 11 is 5.73. The highest BCUT2D eigenvalue weighted by Crippen LogP contribution is 2.26. The smallest absolute Gasteiger partial charge is 0.137 e. The molecule has 0 bridgehead atoms. The van der Waals surface area contributed by atoms with Crippen molar-refractivity contribution in [1.82, 2.24) is 0 Å². The molecular weight excluding hydrogens is 188 g/mol. The van der Waals surface area contributed by atoms with Gasteiger partial charge < -0.3 is 9.15 Å². The molecule has 68 valence electrons.